The van der Waals surface area contributed by atoms with Crippen LogP contribution in [0.25, 0.3) is 16.5 Å². The molecule has 3 aromatic carbocycles. The highest BCUT2D eigenvalue weighted by atomic mass is 16.2. The Morgan fingerprint density at radius 1 is 0.800 bits per heavy atom. The van der Waals surface area contributed by atoms with Gasteiger partial charge in [-0.15, -0.1) is 0 Å². The highest BCUT2D eigenvalue weighted by Gasteiger charge is 2.18. The van der Waals surface area contributed by atoms with Gasteiger partial charge in [0, 0.05) is 5.56 Å². The molecule has 0 atom stereocenters. The van der Waals surface area contributed by atoms with Crippen molar-refractivity contribution in [3.05, 3.63) is 99.3 Å². The monoisotopic (exact) mass is 331 g/mol. The van der Waals surface area contributed by atoms with Crippen molar-refractivity contribution in [3.8, 4) is 5.69 Å². The van der Waals surface area contributed by atoms with Crippen LogP contribution in [0.15, 0.2) is 82.4 Å². The second-order valence-electron chi connectivity index (χ2n) is 5.57. The van der Waals surface area contributed by atoms with Crippen LogP contribution < -0.4 is 11.4 Å². The molecule has 0 radical (unpaired) electrons. The van der Waals surface area contributed by atoms with Gasteiger partial charge in [0.05, 0.1) is 5.69 Å². The van der Waals surface area contributed by atoms with Gasteiger partial charge in [-0.3, -0.25) is 4.79 Å². The van der Waals surface area contributed by atoms with Gasteiger partial charge >= 0.3 is 11.4 Å². The highest BCUT2D eigenvalue weighted by molar-refractivity contribution is 5.99. The van der Waals surface area contributed by atoms with Gasteiger partial charge in [-0.2, -0.15) is 4.68 Å². The molecule has 1 N–H and O–H groups in total. The first-order valence-corrected chi connectivity index (χ1v) is 7.68. The van der Waals surface area contributed by atoms with E-state index >= 15 is 0 Å². The van der Waals surface area contributed by atoms with Crippen LogP contribution in [0.2, 0.25) is 0 Å². The lowest BCUT2D eigenvalue weighted by atomic mass is 10.1. The van der Waals surface area contributed by atoms with Crippen LogP contribution in [0.5, 0.6) is 0 Å². The van der Waals surface area contributed by atoms with E-state index in [0.29, 0.717) is 11.3 Å². The smallest absolute Gasteiger partial charge is 0.267 e. The molecule has 6 heteroatoms. The molecule has 0 spiro atoms. The number of carbonyl (C=O) groups excluding carboxylic acids is 1. The summed E-state index contributed by atoms with van der Waals surface area (Å²) in [7, 11) is 0. The molecule has 0 saturated carbocycles. The molecular weight excluding hydrogens is 318 g/mol. The zero-order valence-corrected chi connectivity index (χ0v) is 13.0. The van der Waals surface area contributed by atoms with Gasteiger partial charge in [-0.25, -0.2) is 19.3 Å². The van der Waals surface area contributed by atoms with Crippen molar-refractivity contribution in [3.63, 3.8) is 0 Å². The third kappa shape index (κ3) is 2.49. The molecule has 6 nitrogen and oxygen atoms in total. The Kier molecular flexibility index (Phi) is 3.43. The van der Waals surface area contributed by atoms with Gasteiger partial charge < -0.3 is 0 Å². The summed E-state index contributed by atoms with van der Waals surface area (Å²) in [4.78, 5) is 37.4. The predicted molar refractivity (Wildman–Crippen MR) is 94.3 cm³/mol. The summed E-state index contributed by atoms with van der Waals surface area (Å²) in [6.07, 6.45) is 0. The number of hydrogen-bond donors (Lipinski definition) is 1. The number of aromatic nitrogens is 3. The van der Waals surface area contributed by atoms with E-state index < -0.39 is 17.3 Å². The number of nitrogens with zero attached hydrogens (tertiary/aromatic N) is 2. The first-order chi connectivity index (χ1) is 12.1. The lowest BCUT2D eigenvalue weighted by Crippen LogP contribution is -2.30. The van der Waals surface area contributed by atoms with Crippen molar-refractivity contribution in [2.45, 2.75) is 0 Å². The molecule has 0 aliphatic heterocycles. The molecule has 1 heterocycles. The third-order valence-electron chi connectivity index (χ3n) is 4.01. The molecule has 4 aromatic rings. The Balaban J connectivity index is 1.83. The molecule has 0 aliphatic rings. The lowest BCUT2D eigenvalue weighted by Gasteiger charge is -2.03. The van der Waals surface area contributed by atoms with Gasteiger partial charge in [0.2, 0.25) is 0 Å². The zero-order chi connectivity index (χ0) is 17.4. The highest BCUT2D eigenvalue weighted by Crippen LogP contribution is 2.16. The Morgan fingerprint density at radius 3 is 2.24 bits per heavy atom. The minimum Gasteiger partial charge on any atom is -0.267 e. The van der Waals surface area contributed by atoms with Crippen LogP contribution in [0.1, 0.15) is 10.4 Å². The fourth-order valence-electron chi connectivity index (χ4n) is 2.77. The van der Waals surface area contributed by atoms with Crippen molar-refractivity contribution in [2.75, 3.05) is 0 Å². The largest absolute Gasteiger partial charge is 0.359 e. The lowest BCUT2D eigenvalue weighted by molar-refractivity contribution is 0.0940. The maximum absolute atomic E-state index is 12.7. The van der Waals surface area contributed by atoms with Gasteiger partial charge in [0.15, 0.2) is 0 Å². The average molecular weight is 331 g/mol. The van der Waals surface area contributed by atoms with E-state index in [1.807, 2.05) is 24.3 Å². The van der Waals surface area contributed by atoms with Gasteiger partial charge in [0.25, 0.3) is 5.91 Å². The van der Waals surface area contributed by atoms with Gasteiger partial charge in [0.1, 0.15) is 0 Å². The topological polar surface area (TPSA) is 76.9 Å². The van der Waals surface area contributed by atoms with Crippen LogP contribution in [-0.4, -0.2) is 20.3 Å². The first kappa shape index (κ1) is 14.9. The number of para-hydroxylation sites is 1. The van der Waals surface area contributed by atoms with E-state index in [9.17, 15) is 14.4 Å². The Morgan fingerprint density at radius 2 is 1.48 bits per heavy atom. The summed E-state index contributed by atoms with van der Waals surface area (Å²) < 4.78 is 1.67. The van der Waals surface area contributed by atoms with Crippen molar-refractivity contribution in [1.29, 1.82) is 0 Å². The molecule has 0 saturated heterocycles. The number of nitrogens with one attached hydrogen (secondary N) is 1. The minimum atomic E-state index is -0.727. The average Bonchev–Trinajstić information content (AvgIpc) is 2.95. The van der Waals surface area contributed by atoms with Gasteiger partial charge in [-0.1, -0.05) is 48.5 Å². The van der Waals surface area contributed by atoms with Crippen LogP contribution in [-0.2, 0) is 0 Å². The summed E-state index contributed by atoms with van der Waals surface area (Å²) in [5.74, 6) is -0.581. The SMILES string of the molecule is O=C(c1ccc2ccccc2c1)n1[nH]c(=O)n(-c2ccccc2)c1=O. The molecule has 4 rings (SSSR count). The molecule has 1 aromatic heterocycles. The molecule has 0 amide bonds. The maximum atomic E-state index is 12.7. The number of hydrogen-bond acceptors (Lipinski definition) is 3. The van der Waals surface area contributed by atoms with Crippen LogP contribution in [0, 0.1) is 0 Å². The maximum Gasteiger partial charge on any atom is 0.359 e. The number of fused-ring (bicyclic) bond motifs is 1. The Labute approximate surface area is 141 Å². The first-order valence-electron chi connectivity index (χ1n) is 7.68. The molecule has 0 bridgehead atoms. The summed E-state index contributed by atoms with van der Waals surface area (Å²) >= 11 is 0. The second-order valence-corrected chi connectivity index (χ2v) is 5.57. The molecule has 122 valence electrons. The van der Waals surface area contributed by atoms with E-state index in [2.05, 4.69) is 5.10 Å². The standard InChI is InChI=1S/C19H13N3O3/c23-17(15-11-10-13-6-4-5-7-14(13)12-15)22-19(25)21(18(24)20-22)16-8-2-1-3-9-16/h1-12H,(H,20,24). The molecule has 25 heavy (non-hydrogen) atoms. The predicted octanol–water partition coefficient (Wildman–Crippen LogP) is 2.17. The van der Waals surface area contributed by atoms with Crippen molar-refractivity contribution in [1.82, 2.24) is 14.3 Å². The Hall–Kier alpha value is -3.67. The number of rotatable bonds is 2. The third-order valence-corrected chi connectivity index (χ3v) is 4.01. The minimum absolute atomic E-state index is 0.322. The quantitative estimate of drug-likeness (QED) is 0.611. The molecule has 0 fully saturated rings. The number of carbonyl (C=O) groups is 1. The fraction of sp³-hybridized carbons (Fsp3) is 0. The number of aromatic amines is 1. The van der Waals surface area contributed by atoms with Crippen LogP contribution in [0.3, 0.4) is 0 Å². The van der Waals surface area contributed by atoms with E-state index in [1.165, 1.54) is 0 Å². The van der Waals surface area contributed by atoms with Crippen molar-refractivity contribution in [2.24, 2.45) is 0 Å². The van der Waals surface area contributed by atoms with E-state index in [4.69, 9.17) is 0 Å². The summed E-state index contributed by atoms with van der Waals surface area (Å²) in [6, 6.07) is 21.2. The molecule has 0 aliphatic carbocycles. The van der Waals surface area contributed by atoms with Gasteiger partial charge in [-0.05, 0) is 35.0 Å². The molecular formula is C19H13N3O3. The fourth-order valence-corrected chi connectivity index (χ4v) is 2.77. The second kappa shape index (κ2) is 5.76. The van der Waals surface area contributed by atoms with Crippen LogP contribution >= 0.6 is 0 Å². The van der Waals surface area contributed by atoms with Crippen LogP contribution in [0.4, 0.5) is 0 Å². The number of benzene rings is 3. The number of H-pyrrole nitrogens is 1. The van der Waals surface area contributed by atoms with E-state index in [-0.39, 0.29) is 0 Å². The summed E-state index contributed by atoms with van der Waals surface area (Å²) in [6.45, 7) is 0. The van der Waals surface area contributed by atoms with E-state index in [0.717, 1.165) is 20.0 Å². The van der Waals surface area contributed by atoms with E-state index in [1.54, 1.807) is 48.5 Å². The zero-order valence-electron chi connectivity index (χ0n) is 13.0. The normalized spacial score (nSPS) is 10.9. The molecule has 0 unspecified atom stereocenters. The summed E-state index contributed by atoms with van der Waals surface area (Å²) in [5, 5.41) is 4.19. The summed E-state index contributed by atoms with van der Waals surface area (Å²) in [5.41, 5.74) is -0.666. The van der Waals surface area contributed by atoms with Crippen molar-refractivity contribution < 1.29 is 4.79 Å². The Bertz CT molecular complexity index is 1200. The van der Waals surface area contributed by atoms with Crippen molar-refractivity contribution >= 4 is 16.7 Å².